The zero-order valence-electron chi connectivity index (χ0n) is 10.3. The maximum absolute atomic E-state index is 12.2. The molecule has 1 aromatic heterocycles. The number of aliphatic carboxylic acids is 1. The number of nitrogens with one attached hydrogen (secondary N) is 1. The van der Waals surface area contributed by atoms with E-state index in [1.807, 2.05) is 19.1 Å². The lowest BCUT2D eigenvalue weighted by Crippen LogP contribution is -2.35. The summed E-state index contributed by atoms with van der Waals surface area (Å²) in [7, 11) is 0. The first-order valence-corrected chi connectivity index (χ1v) is 5.66. The Balaban J connectivity index is 2.33. The molecule has 0 spiro atoms. The smallest absolute Gasteiger partial charge is 0.323 e. The van der Waals surface area contributed by atoms with E-state index in [1.165, 1.54) is 17.4 Å². The third-order valence-corrected chi connectivity index (χ3v) is 2.61. The van der Waals surface area contributed by atoms with Crippen molar-refractivity contribution in [2.75, 3.05) is 11.4 Å². The molecule has 6 heteroatoms. The van der Waals surface area contributed by atoms with E-state index >= 15 is 0 Å². The number of hydrogen-bond donors (Lipinski definition) is 2. The zero-order valence-corrected chi connectivity index (χ0v) is 10.3. The van der Waals surface area contributed by atoms with E-state index in [4.69, 9.17) is 5.11 Å². The molecule has 0 radical (unpaired) electrons. The number of aromatic nitrogens is 2. The SMILES string of the molecule is Cc1ccc(N(CC(=O)O)C(=O)c2cnc[nH]2)cc1. The van der Waals surface area contributed by atoms with Gasteiger partial charge in [-0.25, -0.2) is 4.98 Å². The van der Waals surface area contributed by atoms with Crippen LogP contribution in [0, 0.1) is 6.92 Å². The first kappa shape index (κ1) is 12.8. The summed E-state index contributed by atoms with van der Waals surface area (Å²) >= 11 is 0. The van der Waals surface area contributed by atoms with E-state index in [0.717, 1.165) is 5.56 Å². The van der Waals surface area contributed by atoms with Crippen molar-refractivity contribution < 1.29 is 14.7 Å². The van der Waals surface area contributed by atoms with Crippen LogP contribution >= 0.6 is 0 Å². The Morgan fingerprint density at radius 1 is 1.32 bits per heavy atom. The molecular weight excluding hydrogens is 246 g/mol. The predicted octanol–water partition coefficient (Wildman–Crippen LogP) is 1.45. The lowest BCUT2D eigenvalue weighted by Gasteiger charge is -2.20. The Labute approximate surface area is 109 Å². The number of carboxylic acid groups (broad SMARTS) is 1. The van der Waals surface area contributed by atoms with Crippen LogP contribution in [0.25, 0.3) is 0 Å². The van der Waals surface area contributed by atoms with Gasteiger partial charge in [0.05, 0.1) is 12.5 Å². The number of carboxylic acids is 1. The number of amides is 1. The molecule has 1 amide bonds. The molecule has 2 rings (SSSR count). The molecule has 19 heavy (non-hydrogen) atoms. The molecule has 0 bridgehead atoms. The maximum Gasteiger partial charge on any atom is 0.323 e. The minimum absolute atomic E-state index is 0.252. The van der Waals surface area contributed by atoms with Gasteiger partial charge in [-0.05, 0) is 19.1 Å². The lowest BCUT2D eigenvalue weighted by atomic mass is 10.2. The quantitative estimate of drug-likeness (QED) is 0.870. The Morgan fingerprint density at radius 2 is 2.00 bits per heavy atom. The van der Waals surface area contributed by atoms with Crippen LogP contribution in [0.5, 0.6) is 0 Å². The molecule has 2 N–H and O–H groups in total. The van der Waals surface area contributed by atoms with Crippen LogP contribution in [-0.2, 0) is 4.79 Å². The number of hydrogen-bond acceptors (Lipinski definition) is 3. The number of rotatable bonds is 4. The second-order valence-electron chi connectivity index (χ2n) is 4.09. The third kappa shape index (κ3) is 2.98. The van der Waals surface area contributed by atoms with Crippen molar-refractivity contribution in [3.8, 4) is 0 Å². The summed E-state index contributed by atoms with van der Waals surface area (Å²) in [5.74, 6) is -1.50. The molecule has 1 aromatic carbocycles. The van der Waals surface area contributed by atoms with E-state index in [1.54, 1.807) is 12.1 Å². The van der Waals surface area contributed by atoms with Gasteiger partial charge < -0.3 is 10.1 Å². The molecule has 0 aliphatic carbocycles. The van der Waals surface area contributed by atoms with Gasteiger partial charge in [-0.1, -0.05) is 17.7 Å². The highest BCUT2D eigenvalue weighted by molar-refractivity contribution is 6.06. The Hall–Kier alpha value is -2.63. The molecule has 0 saturated heterocycles. The minimum atomic E-state index is -1.08. The van der Waals surface area contributed by atoms with E-state index in [0.29, 0.717) is 5.69 Å². The number of aromatic amines is 1. The summed E-state index contributed by atoms with van der Waals surface area (Å²) in [4.78, 5) is 30.8. The van der Waals surface area contributed by atoms with Gasteiger partial charge in [-0.15, -0.1) is 0 Å². The average molecular weight is 259 g/mol. The molecule has 2 aromatic rings. The average Bonchev–Trinajstić information content (AvgIpc) is 2.90. The molecule has 98 valence electrons. The number of aryl methyl sites for hydroxylation is 1. The number of benzene rings is 1. The maximum atomic E-state index is 12.2. The van der Waals surface area contributed by atoms with Crippen LogP contribution in [0.15, 0.2) is 36.8 Å². The summed E-state index contributed by atoms with van der Waals surface area (Å²) < 4.78 is 0. The Bertz CT molecular complexity index is 576. The molecule has 6 nitrogen and oxygen atoms in total. The first-order chi connectivity index (χ1) is 9.08. The van der Waals surface area contributed by atoms with Crippen LogP contribution < -0.4 is 4.90 Å². The fraction of sp³-hybridized carbons (Fsp3) is 0.154. The number of anilines is 1. The molecule has 0 unspecified atom stereocenters. The van der Waals surface area contributed by atoms with Crippen molar-refractivity contribution in [3.05, 3.63) is 48.0 Å². The highest BCUT2D eigenvalue weighted by Crippen LogP contribution is 2.17. The third-order valence-electron chi connectivity index (χ3n) is 2.61. The summed E-state index contributed by atoms with van der Waals surface area (Å²) in [5.41, 5.74) is 1.82. The molecule has 0 aliphatic heterocycles. The number of nitrogens with zero attached hydrogens (tertiary/aromatic N) is 2. The van der Waals surface area contributed by atoms with E-state index < -0.39 is 18.4 Å². The zero-order chi connectivity index (χ0) is 13.8. The monoisotopic (exact) mass is 259 g/mol. The lowest BCUT2D eigenvalue weighted by molar-refractivity contribution is -0.135. The van der Waals surface area contributed by atoms with E-state index in [9.17, 15) is 9.59 Å². The highest BCUT2D eigenvalue weighted by Gasteiger charge is 2.21. The topological polar surface area (TPSA) is 86.3 Å². The van der Waals surface area contributed by atoms with Crippen molar-refractivity contribution in [2.45, 2.75) is 6.92 Å². The Kier molecular flexibility index (Phi) is 3.61. The van der Waals surface area contributed by atoms with E-state index in [2.05, 4.69) is 9.97 Å². The normalized spacial score (nSPS) is 10.2. The fourth-order valence-electron chi connectivity index (χ4n) is 1.66. The second-order valence-corrected chi connectivity index (χ2v) is 4.09. The first-order valence-electron chi connectivity index (χ1n) is 5.66. The molecule has 0 fully saturated rings. The van der Waals surface area contributed by atoms with Gasteiger partial charge in [0.1, 0.15) is 12.2 Å². The molecule has 0 atom stereocenters. The Morgan fingerprint density at radius 3 is 2.53 bits per heavy atom. The summed E-state index contributed by atoms with van der Waals surface area (Å²) in [6.07, 6.45) is 2.74. The van der Waals surface area contributed by atoms with Crippen molar-refractivity contribution in [2.24, 2.45) is 0 Å². The highest BCUT2D eigenvalue weighted by atomic mass is 16.4. The molecule has 1 heterocycles. The van der Waals surface area contributed by atoms with Gasteiger partial charge in [0, 0.05) is 5.69 Å². The molecule has 0 saturated carbocycles. The van der Waals surface area contributed by atoms with Crippen LogP contribution in [0.2, 0.25) is 0 Å². The molecule has 0 aliphatic rings. The van der Waals surface area contributed by atoms with Crippen molar-refractivity contribution in [1.82, 2.24) is 9.97 Å². The van der Waals surface area contributed by atoms with Crippen molar-refractivity contribution in [3.63, 3.8) is 0 Å². The standard InChI is InChI=1S/C13H13N3O3/c1-9-2-4-10(5-3-9)16(7-12(17)18)13(19)11-6-14-8-15-11/h2-6,8H,7H2,1H3,(H,14,15)(H,17,18). The number of H-pyrrole nitrogens is 1. The van der Waals surface area contributed by atoms with Gasteiger partial charge in [-0.2, -0.15) is 0 Å². The van der Waals surface area contributed by atoms with Gasteiger partial charge in [0.2, 0.25) is 0 Å². The van der Waals surface area contributed by atoms with E-state index in [-0.39, 0.29) is 5.69 Å². The summed E-state index contributed by atoms with van der Waals surface area (Å²) in [6, 6.07) is 7.08. The number of carbonyl (C=O) groups excluding carboxylic acids is 1. The van der Waals surface area contributed by atoms with Gasteiger partial charge in [0.25, 0.3) is 5.91 Å². The number of carbonyl (C=O) groups is 2. The second kappa shape index (κ2) is 5.34. The number of imidazole rings is 1. The van der Waals surface area contributed by atoms with Crippen LogP contribution in [0.3, 0.4) is 0 Å². The summed E-state index contributed by atoms with van der Waals surface area (Å²) in [6.45, 7) is 1.52. The van der Waals surface area contributed by atoms with Crippen LogP contribution in [-0.4, -0.2) is 33.5 Å². The van der Waals surface area contributed by atoms with Crippen LogP contribution in [0.1, 0.15) is 16.1 Å². The fourth-order valence-corrected chi connectivity index (χ4v) is 1.66. The predicted molar refractivity (Wildman–Crippen MR) is 69.1 cm³/mol. The van der Waals surface area contributed by atoms with Gasteiger partial charge in [0.15, 0.2) is 0 Å². The minimum Gasteiger partial charge on any atom is -0.480 e. The summed E-state index contributed by atoms with van der Waals surface area (Å²) in [5, 5.41) is 8.93. The van der Waals surface area contributed by atoms with Gasteiger partial charge in [-0.3, -0.25) is 14.5 Å². The van der Waals surface area contributed by atoms with Crippen molar-refractivity contribution in [1.29, 1.82) is 0 Å². The van der Waals surface area contributed by atoms with Gasteiger partial charge >= 0.3 is 5.97 Å². The van der Waals surface area contributed by atoms with Crippen molar-refractivity contribution >= 4 is 17.6 Å². The largest absolute Gasteiger partial charge is 0.480 e. The van der Waals surface area contributed by atoms with Crippen LogP contribution in [0.4, 0.5) is 5.69 Å². The molecular formula is C13H13N3O3.